The van der Waals surface area contributed by atoms with Gasteiger partial charge in [0.2, 0.25) is 0 Å². The molecule has 0 aliphatic carbocycles. The molecule has 0 unspecified atom stereocenters. The van der Waals surface area contributed by atoms with Crippen molar-refractivity contribution in [3.05, 3.63) is 76.9 Å². The standard InChI is InChI=1S/C24H24N6/c1-28(2)19-10-6-17(7-11-19)21(18-8-12-20(13-9-18)29(3)4)14-24-27-22(15-25)23(16-26)30(24)5/h6-14H,1-5H3. The summed E-state index contributed by atoms with van der Waals surface area (Å²) in [5.41, 5.74) is 5.63. The van der Waals surface area contributed by atoms with E-state index in [9.17, 15) is 10.5 Å². The van der Waals surface area contributed by atoms with Crippen molar-refractivity contribution in [2.75, 3.05) is 38.0 Å². The number of hydrogen-bond donors (Lipinski definition) is 0. The highest BCUT2D eigenvalue weighted by Gasteiger charge is 2.15. The SMILES string of the molecule is CN(C)c1ccc(C(=Cc2nc(C#N)c(C#N)n2C)c2ccc(N(C)C)cc2)cc1. The van der Waals surface area contributed by atoms with E-state index in [0.717, 1.165) is 28.1 Å². The Morgan fingerprint density at radius 2 is 1.30 bits per heavy atom. The summed E-state index contributed by atoms with van der Waals surface area (Å²) in [6, 6.07) is 20.6. The maximum atomic E-state index is 9.38. The van der Waals surface area contributed by atoms with E-state index in [4.69, 9.17) is 0 Å². The highest BCUT2D eigenvalue weighted by atomic mass is 15.1. The van der Waals surface area contributed by atoms with Gasteiger partial charge in [0.05, 0.1) is 0 Å². The first kappa shape index (κ1) is 20.7. The van der Waals surface area contributed by atoms with Crippen molar-refractivity contribution in [3.8, 4) is 12.1 Å². The van der Waals surface area contributed by atoms with Crippen LogP contribution in [0.1, 0.15) is 28.3 Å². The van der Waals surface area contributed by atoms with Crippen LogP contribution in [0, 0.1) is 22.7 Å². The minimum atomic E-state index is 0.136. The van der Waals surface area contributed by atoms with Crippen LogP contribution in [-0.2, 0) is 7.05 Å². The number of imidazole rings is 1. The Balaban J connectivity index is 2.17. The highest BCUT2D eigenvalue weighted by molar-refractivity contribution is 5.91. The number of nitriles is 2. The molecule has 0 aliphatic heterocycles. The molecule has 0 saturated heterocycles. The third kappa shape index (κ3) is 4.04. The third-order valence-electron chi connectivity index (χ3n) is 5.00. The highest BCUT2D eigenvalue weighted by Crippen LogP contribution is 2.29. The van der Waals surface area contributed by atoms with E-state index in [1.54, 1.807) is 11.6 Å². The molecule has 30 heavy (non-hydrogen) atoms. The summed E-state index contributed by atoms with van der Waals surface area (Å²) in [6.07, 6.45) is 1.93. The van der Waals surface area contributed by atoms with Crippen LogP contribution in [0.25, 0.3) is 11.6 Å². The van der Waals surface area contributed by atoms with Crippen LogP contribution in [-0.4, -0.2) is 37.7 Å². The van der Waals surface area contributed by atoms with Crippen LogP contribution in [0.2, 0.25) is 0 Å². The Morgan fingerprint density at radius 3 is 1.63 bits per heavy atom. The van der Waals surface area contributed by atoms with Gasteiger partial charge in [-0.25, -0.2) is 4.98 Å². The lowest BCUT2D eigenvalue weighted by Crippen LogP contribution is -2.08. The number of rotatable bonds is 5. The fraction of sp³-hybridized carbons (Fsp3) is 0.208. The fourth-order valence-corrected chi connectivity index (χ4v) is 3.19. The van der Waals surface area contributed by atoms with Crippen LogP contribution in [0.4, 0.5) is 11.4 Å². The summed E-state index contributed by atoms with van der Waals surface area (Å²) < 4.78 is 1.65. The van der Waals surface area contributed by atoms with Gasteiger partial charge in [0.1, 0.15) is 18.0 Å². The van der Waals surface area contributed by atoms with Crippen LogP contribution >= 0.6 is 0 Å². The van der Waals surface area contributed by atoms with Crippen molar-refractivity contribution >= 4 is 23.0 Å². The third-order valence-corrected chi connectivity index (χ3v) is 5.00. The monoisotopic (exact) mass is 396 g/mol. The molecule has 0 N–H and O–H groups in total. The van der Waals surface area contributed by atoms with Gasteiger partial charge < -0.3 is 14.4 Å². The van der Waals surface area contributed by atoms with Crippen molar-refractivity contribution < 1.29 is 0 Å². The first-order chi connectivity index (χ1) is 14.3. The van der Waals surface area contributed by atoms with Gasteiger partial charge >= 0.3 is 0 Å². The summed E-state index contributed by atoms with van der Waals surface area (Å²) in [5, 5.41) is 18.7. The molecule has 3 aromatic rings. The molecule has 2 aromatic carbocycles. The topological polar surface area (TPSA) is 71.9 Å². The zero-order chi connectivity index (χ0) is 21.8. The summed E-state index contributed by atoms with van der Waals surface area (Å²) in [7, 11) is 9.78. The normalized spacial score (nSPS) is 10.1. The van der Waals surface area contributed by atoms with Gasteiger partial charge in [-0.3, -0.25) is 0 Å². The van der Waals surface area contributed by atoms with Crippen LogP contribution in [0.5, 0.6) is 0 Å². The van der Waals surface area contributed by atoms with E-state index < -0.39 is 0 Å². The van der Waals surface area contributed by atoms with E-state index >= 15 is 0 Å². The van der Waals surface area contributed by atoms with E-state index in [0.29, 0.717) is 5.82 Å². The molecule has 150 valence electrons. The molecular formula is C24H24N6. The predicted molar refractivity (Wildman–Crippen MR) is 121 cm³/mol. The van der Waals surface area contributed by atoms with Gasteiger partial charge in [-0.1, -0.05) is 24.3 Å². The van der Waals surface area contributed by atoms with Gasteiger partial charge in [0, 0.05) is 46.6 Å². The maximum Gasteiger partial charge on any atom is 0.177 e. The smallest absolute Gasteiger partial charge is 0.177 e. The second kappa shape index (κ2) is 8.55. The molecule has 0 radical (unpaired) electrons. The summed E-state index contributed by atoms with van der Waals surface area (Å²) in [6.45, 7) is 0. The molecule has 0 spiro atoms. The maximum absolute atomic E-state index is 9.38. The number of hydrogen-bond acceptors (Lipinski definition) is 5. The van der Waals surface area contributed by atoms with Gasteiger partial charge in [-0.05, 0) is 47.0 Å². The van der Waals surface area contributed by atoms with Crippen molar-refractivity contribution in [1.82, 2.24) is 9.55 Å². The summed E-state index contributed by atoms with van der Waals surface area (Å²) in [4.78, 5) is 8.47. The predicted octanol–water partition coefficient (Wildman–Crippen LogP) is 3.88. The molecule has 0 bridgehead atoms. The van der Waals surface area contributed by atoms with E-state index in [1.165, 1.54) is 0 Å². The first-order valence-electron chi connectivity index (χ1n) is 9.50. The lowest BCUT2D eigenvalue weighted by molar-refractivity contribution is 0.882. The van der Waals surface area contributed by atoms with E-state index in [1.807, 2.05) is 40.3 Å². The fourth-order valence-electron chi connectivity index (χ4n) is 3.19. The molecule has 6 heteroatoms. The van der Waals surface area contributed by atoms with Crippen LogP contribution in [0.15, 0.2) is 48.5 Å². The molecule has 1 aromatic heterocycles. The number of anilines is 2. The number of nitrogens with zero attached hydrogens (tertiary/aromatic N) is 6. The molecule has 0 amide bonds. The Labute approximate surface area is 177 Å². The molecule has 1 heterocycles. The zero-order valence-electron chi connectivity index (χ0n) is 17.9. The average molecular weight is 396 g/mol. The molecule has 0 atom stereocenters. The minimum absolute atomic E-state index is 0.136. The summed E-state index contributed by atoms with van der Waals surface area (Å²) >= 11 is 0. The van der Waals surface area contributed by atoms with Crippen LogP contribution in [0.3, 0.4) is 0 Å². The number of aromatic nitrogens is 2. The second-order valence-electron chi connectivity index (χ2n) is 7.39. The molecule has 0 aliphatic rings. The Bertz CT molecular complexity index is 1100. The van der Waals surface area contributed by atoms with Crippen molar-refractivity contribution in [3.63, 3.8) is 0 Å². The van der Waals surface area contributed by atoms with Gasteiger partial charge in [-0.2, -0.15) is 10.5 Å². The zero-order valence-corrected chi connectivity index (χ0v) is 17.9. The molecule has 3 rings (SSSR count). The van der Waals surface area contributed by atoms with Crippen molar-refractivity contribution in [1.29, 1.82) is 10.5 Å². The first-order valence-corrected chi connectivity index (χ1v) is 9.50. The van der Waals surface area contributed by atoms with Crippen LogP contribution < -0.4 is 9.80 Å². The second-order valence-corrected chi connectivity index (χ2v) is 7.39. The van der Waals surface area contributed by atoms with Crippen molar-refractivity contribution in [2.24, 2.45) is 7.05 Å². The van der Waals surface area contributed by atoms with E-state index in [-0.39, 0.29) is 11.4 Å². The van der Waals surface area contributed by atoms with Crippen molar-refractivity contribution in [2.45, 2.75) is 0 Å². The Kier molecular flexibility index (Phi) is 5.90. The Hall–Kier alpha value is -4.03. The molecule has 6 nitrogen and oxygen atoms in total. The minimum Gasteiger partial charge on any atom is -0.378 e. The van der Waals surface area contributed by atoms with Gasteiger partial charge in [-0.15, -0.1) is 0 Å². The quantitative estimate of drug-likeness (QED) is 0.654. The average Bonchev–Trinajstić information content (AvgIpc) is 3.06. The Morgan fingerprint density at radius 1 is 0.833 bits per heavy atom. The molecule has 0 fully saturated rings. The molecule has 0 saturated carbocycles. The lowest BCUT2D eigenvalue weighted by atomic mass is 9.96. The van der Waals surface area contributed by atoms with Gasteiger partial charge in [0.15, 0.2) is 11.4 Å². The van der Waals surface area contributed by atoms with E-state index in [2.05, 4.69) is 69.4 Å². The van der Waals surface area contributed by atoms with Gasteiger partial charge in [0.25, 0.3) is 0 Å². The lowest BCUT2D eigenvalue weighted by Gasteiger charge is -2.16. The largest absolute Gasteiger partial charge is 0.378 e. The molecular weight excluding hydrogens is 372 g/mol. The summed E-state index contributed by atoms with van der Waals surface area (Å²) in [5.74, 6) is 0.562. The number of benzene rings is 2.